The van der Waals surface area contributed by atoms with Gasteiger partial charge in [-0.1, -0.05) is 20.8 Å². The number of cyclic esters (lactones) is 1. The van der Waals surface area contributed by atoms with Crippen molar-refractivity contribution in [1.82, 2.24) is 10.2 Å². The lowest BCUT2D eigenvalue weighted by molar-refractivity contribution is -0.258. The normalized spacial score (nSPS) is 54.1. The Morgan fingerprint density at radius 2 is 1.94 bits per heavy atom. The molecule has 9 heteroatoms. The zero-order valence-corrected chi connectivity index (χ0v) is 18.8. The highest BCUT2D eigenvalue weighted by molar-refractivity contribution is 5.79. The number of alkyl carbamates (subject to hydrolysis) is 1. The summed E-state index contributed by atoms with van der Waals surface area (Å²) in [5.74, 6) is -1.87. The Morgan fingerprint density at radius 1 is 1.16 bits per heavy atom. The van der Waals surface area contributed by atoms with Gasteiger partial charge in [0.25, 0.3) is 0 Å². The fraction of sp³-hybridized carbons (Fsp3) is 0.870. The Balaban J connectivity index is 1.57. The molecule has 6 rings (SSSR count). The van der Waals surface area contributed by atoms with Crippen LogP contribution in [0.25, 0.3) is 0 Å². The first-order valence-electron chi connectivity index (χ1n) is 12.1. The first kappa shape index (κ1) is 20.7. The number of aliphatic hydroxyl groups is 1. The topological polar surface area (TPSA) is 114 Å². The first-order chi connectivity index (χ1) is 15.2. The van der Waals surface area contributed by atoms with Crippen LogP contribution in [-0.4, -0.2) is 69.7 Å². The lowest BCUT2D eigenvalue weighted by Gasteiger charge is -2.61. The molecule has 9 nitrogen and oxygen atoms in total. The molecule has 1 amide bonds. The van der Waals surface area contributed by atoms with E-state index in [1.807, 2.05) is 20.8 Å². The van der Waals surface area contributed by atoms with Crippen LogP contribution in [0.3, 0.4) is 0 Å². The molecule has 32 heavy (non-hydrogen) atoms. The van der Waals surface area contributed by atoms with E-state index in [2.05, 4.69) is 10.2 Å². The van der Waals surface area contributed by atoms with E-state index in [1.165, 1.54) is 0 Å². The number of hydrogen-bond donors (Lipinski definition) is 2. The van der Waals surface area contributed by atoms with Crippen molar-refractivity contribution in [2.75, 3.05) is 6.54 Å². The van der Waals surface area contributed by atoms with Crippen LogP contribution in [0.5, 0.6) is 0 Å². The quantitative estimate of drug-likeness (QED) is 0.480. The summed E-state index contributed by atoms with van der Waals surface area (Å²) < 4.78 is 17.9. The fourth-order valence-corrected chi connectivity index (χ4v) is 8.42. The molecule has 5 saturated heterocycles. The summed E-state index contributed by atoms with van der Waals surface area (Å²) in [4.78, 5) is 40.2. The number of nitrogens with zero attached hydrogens (tertiary/aromatic N) is 1. The van der Waals surface area contributed by atoms with Crippen molar-refractivity contribution in [1.29, 1.82) is 0 Å². The molecule has 0 unspecified atom stereocenters. The van der Waals surface area contributed by atoms with Crippen molar-refractivity contribution in [3.63, 3.8) is 0 Å². The molecule has 0 aromatic carbocycles. The van der Waals surface area contributed by atoms with Gasteiger partial charge >= 0.3 is 18.0 Å². The van der Waals surface area contributed by atoms with E-state index in [4.69, 9.17) is 14.2 Å². The lowest BCUT2D eigenvalue weighted by Crippen LogP contribution is -2.83. The summed E-state index contributed by atoms with van der Waals surface area (Å²) in [5.41, 5.74) is -3.65. The van der Waals surface area contributed by atoms with E-state index in [9.17, 15) is 19.5 Å². The molecule has 0 bridgehead atoms. The van der Waals surface area contributed by atoms with E-state index in [0.717, 1.165) is 12.8 Å². The van der Waals surface area contributed by atoms with Gasteiger partial charge in [-0.05, 0) is 32.1 Å². The highest BCUT2D eigenvalue weighted by atomic mass is 16.6. The monoisotopic (exact) mass is 448 g/mol. The Morgan fingerprint density at radius 3 is 2.62 bits per heavy atom. The van der Waals surface area contributed by atoms with Gasteiger partial charge in [0.1, 0.15) is 17.8 Å². The van der Waals surface area contributed by atoms with Gasteiger partial charge in [-0.3, -0.25) is 19.8 Å². The molecule has 1 aliphatic carbocycles. The van der Waals surface area contributed by atoms with Crippen LogP contribution in [0, 0.1) is 23.7 Å². The molecule has 0 radical (unpaired) electrons. The van der Waals surface area contributed by atoms with Gasteiger partial charge < -0.3 is 19.3 Å². The predicted molar refractivity (Wildman–Crippen MR) is 109 cm³/mol. The zero-order chi connectivity index (χ0) is 22.6. The maximum atomic E-state index is 12.9. The molecule has 1 spiro atoms. The molecular formula is C23H32N2O7. The summed E-state index contributed by atoms with van der Waals surface area (Å²) in [6.45, 7) is 6.36. The average molecular weight is 449 g/mol. The summed E-state index contributed by atoms with van der Waals surface area (Å²) in [6, 6.07) is -0.215. The molecule has 10 atom stereocenters. The van der Waals surface area contributed by atoms with Crippen molar-refractivity contribution in [2.45, 2.75) is 94.4 Å². The van der Waals surface area contributed by atoms with Crippen LogP contribution >= 0.6 is 0 Å². The second-order valence-electron chi connectivity index (χ2n) is 10.8. The van der Waals surface area contributed by atoms with Crippen LogP contribution in [0.1, 0.15) is 59.3 Å². The molecule has 0 aromatic rings. The number of hydrogen-bond acceptors (Lipinski definition) is 8. The number of rotatable bonds is 2. The SMILES string of the molecule is CC[C@H]1[C@@H]2OC(=O)[C@@H](C)[C@@H]2[C@@]23C[C@@H]([C@@H]4C[C@H](C)C(=O)O4)N4CCCC[C@@]1(O)[C@]42NC(=O)O3. The number of carbonyl (C=O) groups excluding carboxylic acids is 3. The van der Waals surface area contributed by atoms with E-state index >= 15 is 0 Å². The van der Waals surface area contributed by atoms with Crippen molar-refractivity contribution in [3.05, 3.63) is 0 Å². The summed E-state index contributed by atoms with van der Waals surface area (Å²) in [7, 11) is 0. The zero-order valence-electron chi connectivity index (χ0n) is 18.8. The summed E-state index contributed by atoms with van der Waals surface area (Å²) >= 11 is 0. The Bertz CT molecular complexity index is 896. The molecule has 6 aliphatic rings. The molecule has 1 saturated carbocycles. The van der Waals surface area contributed by atoms with Crippen LogP contribution in [-0.2, 0) is 23.8 Å². The predicted octanol–water partition coefficient (Wildman–Crippen LogP) is 1.32. The molecule has 5 heterocycles. The van der Waals surface area contributed by atoms with E-state index in [0.29, 0.717) is 32.2 Å². The van der Waals surface area contributed by atoms with Gasteiger partial charge in [0.15, 0.2) is 11.3 Å². The number of fused-ring (bicyclic) bond motifs is 1. The van der Waals surface area contributed by atoms with Gasteiger partial charge in [-0.2, -0.15) is 0 Å². The fourth-order valence-electron chi connectivity index (χ4n) is 8.42. The van der Waals surface area contributed by atoms with Gasteiger partial charge in [0.2, 0.25) is 0 Å². The van der Waals surface area contributed by atoms with Gasteiger partial charge in [0.05, 0.1) is 23.8 Å². The van der Waals surface area contributed by atoms with Gasteiger partial charge in [-0.25, -0.2) is 4.79 Å². The van der Waals surface area contributed by atoms with Crippen molar-refractivity contribution in [3.8, 4) is 0 Å². The number of ether oxygens (including phenoxy) is 3. The highest BCUT2D eigenvalue weighted by Crippen LogP contribution is 2.68. The number of nitrogens with one attached hydrogen (secondary N) is 1. The van der Waals surface area contributed by atoms with Crippen molar-refractivity contribution < 1.29 is 33.7 Å². The van der Waals surface area contributed by atoms with Crippen LogP contribution in [0.15, 0.2) is 0 Å². The highest BCUT2D eigenvalue weighted by Gasteiger charge is 2.87. The molecule has 0 aromatic heterocycles. The largest absolute Gasteiger partial charge is 0.461 e. The Labute approximate surface area is 187 Å². The van der Waals surface area contributed by atoms with Gasteiger partial charge in [-0.15, -0.1) is 0 Å². The minimum Gasteiger partial charge on any atom is -0.461 e. The lowest BCUT2D eigenvalue weighted by atomic mass is 9.52. The maximum absolute atomic E-state index is 12.9. The summed E-state index contributed by atoms with van der Waals surface area (Å²) in [5, 5.41) is 15.6. The standard InChI is InChI=1S/C23H32N2O7/c1-4-13-17-16(12(3)19(27)31-17)22-10-14(15-9-11(2)18(26)30-15)25-8-6-5-7-21(13,29)23(22,25)24-20(28)32-22/h11-17,29H,4-10H2,1-3H3,(H,24,28)/t11-,12-,13-,14-,15-,16-,17-,21-,22-,23-/m0/s1. The third kappa shape index (κ3) is 2.11. The van der Waals surface area contributed by atoms with Crippen molar-refractivity contribution in [2.24, 2.45) is 23.7 Å². The molecule has 5 aliphatic heterocycles. The van der Waals surface area contributed by atoms with Crippen LogP contribution < -0.4 is 5.32 Å². The Kier molecular flexibility index (Phi) is 4.13. The molecule has 2 N–H and O–H groups in total. The minimum atomic E-state index is -1.33. The number of amides is 1. The average Bonchev–Trinajstić information content (AvgIpc) is 3.36. The van der Waals surface area contributed by atoms with E-state index in [1.54, 1.807) is 0 Å². The maximum Gasteiger partial charge on any atom is 0.409 e. The van der Waals surface area contributed by atoms with E-state index in [-0.39, 0.29) is 41.8 Å². The third-order valence-electron chi connectivity index (χ3n) is 9.54. The smallest absolute Gasteiger partial charge is 0.409 e. The number of carbonyl (C=O) groups is 3. The molecular weight excluding hydrogens is 416 g/mol. The third-order valence-corrected chi connectivity index (χ3v) is 9.54. The van der Waals surface area contributed by atoms with Crippen LogP contribution in [0.2, 0.25) is 0 Å². The number of esters is 2. The summed E-state index contributed by atoms with van der Waals surface area (Å²) in [6.07, 6.45) is 2.30. The first-order valence-corrected chi connectivity index (χ1v) is 12.1. The van der Waals surface area contributed by atoms with Gasteiger partial charge in [0, 0.05) is 18.9 Å². The Hall–Kier alpha value is -1.87. The molecule has 176 valence electrons. The minimum absolute atomic E-state index is 0.190. The second kappa shape index (κ2) is 6.38. The van der Waals surface area contributed by atoms with Crippen LogP contribution in [0.4, 0.5) is 4.79 Å². The van der Waals surface area contributed by atoms with Crippen molar-refractivity contribution >= 4 is 18.0 Å². The second-order valence-corrected chi connectivity index (χ2v) is 10.8. The van der Waals surface area contributed by atoms with E-state index < -0.39 is 35.0 Å². The molecule has 6 fully saturated rings.